The van der Waals surface area contributed by atoms with E-state index >= 15 is 0 Å². The molecule has 0 radical (unpaired) electrons. The number of hydrogen-bond acceptors (Lipinski definition) is 3. The molecule has 0 saturated heterocycles. The van der Waals surface area contributed by atoms with E-state index < -0.39 is 10.8 Å². The fourth-order valence-corrected chi connectivity index (χ4v) is 3.65. The number of carbonyl (C=O) groups excluding carboxylic acids is 1. The number of carbonyl (C=O) groups is 1. The van der Waals surface area contributed by atoms with E-state index in [1.165, 1.54) is 6.92 Å². The smallest absolute Gasteiger partial charge is 0.163 e. The summed E-state index contributed by atoms with van der Waals surface area (Å²) in [6.45, 7) is 1.79. The normalized spacial score (nSPS) is 11.9. The van der Waals surface area contributed by atoms with Crippen molar-refractivity contribution in [1.29, 1.82) is 0 Å². The van der Waals surface area contributed by atoms with Crippen LogP contribution in [0.4, 0.5) is 0 Å². The van der Waals surface area contributed by atoms with E-state index in [0.717, 1.165) is 9.37 Å². The number of Topliss-reactive ketones (excluding diaryl/α,β-unsaturated/α-hetero) is 1. The Morgan fingerprint density at radius 2 is 1.81 bits per heavy atom. The quantitative estimate of drug-likeness (QED) is 0.729. The number of ketones is 1. The van der Waals surface area contributed by atoms with E-state index in [1.807, 2.05) is 30.3 Å². The lowest BCUT2D eigenvalue weighted by molar-refractivity contribution is 0.101. The van der Waals surface area contributed by atoms with Crippen LogP contribution in [0.1, 0.15) is 17.3 Å². The van der Waals surface area contributed by atoms with Gasteiger partial charge in [0.25, 0.3) is 0 Å². The second-order valence-corrected chi connectivity index (χ2v) is 6.77. The monoisotopic (exact) mass is 366 g/mol. The fraction of sp³-hybridized carbons (Fsp3) is 0.188. The second-order valence-electron chi connectivity index (χ2n) is 4.38. The largest absolute Gasteiger partial charge is 0.492 e. The predicted molar refractivity (Wildman–Crippen MR) is 87.4 cm³/mol. The molecule has 1 unspecified atom stereocenters. The molecule has 2 aromatic rings. The van der Waals surface area contributed by atoms with Gasteiger partial charge in [-0.15, -0.1) is 0 Å². The molecule has 2 aromatic carbocycles. The first-order chi connectivity index (χ1) is 10.1. The Bertz CT molecular complexity index is 670. The number of ether oxygens (including phenoxy) is 1. The zero-order chi connectivity index (χ0) is 15.2. The maximum absolute atomic E-state index is 12.2. The Labute approximate surface area is 134 Å². The average Bonchev–Trinajstić information content (AvgIpc) is 2.48. The summed E-state index contributed by atoms with van der Waals surface area (Å²) in [4.78, 5) is 12.2. The van der Waals surface area contributed by atoms with E-state index in [2.05, 4.69) is 15.9 Å². The molecule has 1 atom stereocenters. The van der Waals surface area contributed by atoms with Gasteiger partial charge in [0.15, 0.2) is 5.78 Å². The molecule has 0 aliphatic rings. The number of halogens is 1. The van der Waals surface area contributed by atoms with Gasteiger partial charge in [0.1, 0.15) is 12.4 Å². The van der Waals surface area contributed by atoms with Gasteiger partial charge in [-0.3, -0.25) is 9.00 Å². The molecule has 0 saturated carbocycles. The zero-order valence-corrected chi connectivity index (χ0v) is 13.9. The van der Waals surface area contributed by atoms with Gasteiger partial charge < -0.3 is 4.74 Å². The molecule has 0 N–H and O–H groups in total. The van der Waals surface area contributed by atoms with Gasteiger partial charge in [-0.2, -0.15) is 0 Å². The van der Waals surface area contributed by atoms with Crippen LogP contribution in [0.25, 0.3) is 0 Å². The first kappa shape index (κ1) is 15.9. The van der Waals surface area contributed by atoms with Gasteiger partial charge in [0.2, 0.25) is 0 Å². The summed E-state index contributed by atoms with van der Waals surface area (Å²) in [5, 5.41) is 0. The van der Waals surface area contributed by atoms with Crippen molar-refractivity contribution >= 4 is 32.5 Å². The number of benzene rings is 2. The summed E-state index contributed by atoms with van der Waals surface area (Å²) in [7, 11) is -1.14. The number of rotatable bonds is 6. The lowest BCUT2D eigenvalue weighted by Crippen LogP contribution is -2.10. The lowest BCUT2D eigenvalue weighted by atomic mass is 10.1. The maximum Gasteiger partial charge on any atom is 0.163 e. The molecule has 3 nitrogen and oxygen atoms in total. The first-order valence-corrected chi connectivity index (χ1v) is 8.56. The standard InChI is InChI=1S/C16H15BrO3S/c1-12(18)13-6-2-4-8-15(13)20-10-11-21(19)16-9-5-3-7-14(16)17/h2-9H,10-11H2,1H3. The minimum atomic E-state index is -1.14. The molecule has 110 valence electrons. The Hall–Kier alpha value is -1.46. The van der Waals surface area contributed by atoms with Gasteiger partial charge in [-0.1, -0.05) is 24.3 Å². The lowest BCUT2D eigenvalue weighted by Gasteiger charge is -2.10. The van der Waals surface area contributed by atoms with Crippen molar-refractivity contribution in [3.05, 3.63) is 58.6 Å². The van der Waals surface area contributed by atoms with E-state index in [1.54, 1.807) is 18.2 Å². The van der Waals surface area contributed by atoms with Crippen LogP contribution in [0.15, 0.2) is 57.9 Å². The first-order valence-electron chi connectivity index (χ1n) is 6.45. The third-order valence-corrected chi connectivity index (χ3v) is 5.21. The SMILES string of the molecule is CC(=O)c1ccccc1OCCS(=O)c1ccccc1Br. The highest BCUT2D eigenvalue weighted by Crippen LogP contribution is 2.21. The minimum Gasteiger partial charge on any atom is -0.492 e. The van der Waals surface area contributed by atoms with E-state index in [0.29, 0.717) is 17.1 Å². The zero-order valence-electron chi connectivity index (χ0n) is 11.5. The average molecular weight is 367 g/mol. The van der Waals surface area contributed by atoms with Crippen LogP contribution in [0.2, 0.25) is 0 Å². The van der Waals surface area contributed by atoms with Gasteiger partial charge in [0.05, 0.1) is 27.0 Å². The molecule has 2 rings (SSSR count). The third-order valence-electron chi connectivity index (χ3n) is 2.87. The molecular weight excluding hydrogens is 352 g/mol. The summed E-state index contributed by atoms with van der Waals surface area (Å²) in [6, 6.07) is 14.5. The Morgan fingerprint density at radius 1 is 1.14 bits per heavy atom. The van der Waals surface area contributed by atoms with Gasteiger partial charge in [-0.25, -0.2) is 0 Å². The summed E-state index contributed by atoms with van der Waals surface area (Å²) in [5.41, 5.74) is 0.546. The van der Waals surface area contributed by atoms with Crippen LogP contribution in [-0.4, -0.2) is 22.4 Å². The summed E-state index contributed by atoms with van der Waals surface area (Å²) in [6.07, 6.45) is 0. The van der Waals surface area contributed by atoms with Crippen molar-refractivity contribution in [2.24, 2.45) is 0 Å². The number of hydrogen-bond donors (Lipinski definition) is 0. The molecule has 5 heteroatoms. The van der Waals surface area contributed by atoms with Crippen LogP contribution in [0.5, 0.6) is 5.75 Å². The van der Waals surface area contributed by atoms with Crippen molar-refractivity contribution in [2.75, 3.05) is 12.4 Å². The molecule has 0 heterocycles. The molecule has 0 amide bonds. The Morgan fingerprint density at radius 3 is 2.52 bits per heavy atom. The highest BCUT2D eigenvalue weighted by atomic mass is 79.9. The van der Waals surface area contributed by atoms with Crippen LogP contribution < -0.4 is 4.74 Å². The Kier molecular flexibility index (Phi) is 5.70. The topological polar surface area (TPSA) is 43.4 Å². The van der Waals surface area contributed by atoms with E-state index in [4.69, 9.17) is 4.74 Å². The maximum atomic E-state index is 12.2. The molecule has 0 aliphatic heterocycles. The van der Waals surface area contributed by atoms with Gasteiger partial charge in [-0.05, 0) is 47.1 Å². The van der Waals surface area contributed by atoms with Crippen molar-refractivity contribution in [2.45, 2.75) is 11.8 Å². The van der Waals surface area contributed by atoms with Gasteiger partial charge >= 0.3 is 0 Å². The fourth-order valence-electron chi connectivity index (χ4n) is 1.85. The highest BCUT2D eigenvalue weighted by Gasteiger charge is 2.10. The summed E-state index contributed by atoms with van der Waals surface area (Å²) >= 11 is 3.39. The van der Waals surface area contributed by atoms with E-state index in [-0.39, 0.29) is 12.4 Å². The van der Waals surface area contributed by atoms with Crippen LogP contribution in [-0.2, 0) is 10.8 Å². The third kappa shape index (κ3) is 4.25. The van der Waals surface area contributed by atoms with Crippen LogP contribution in [0.3, 0.4) is 0 Å². The van der Waals surface area contributed by atoms with Crippen LogP contribution in [0, 0.1) is 0 Å². The minimum absolute atomic E-state index is 0.0440. The van der Waals surface area contributed by atoms with Crippen molar-refractivity contribution in [3.8, 4) is 5.75 Å². The van der Waals surface area contributed by atoms with E-state index in [9.17, 15) is 9.00 Å². The van der Waals surface area contributed by atoms with Crippen molar-refractivity contribution in [3.63, 3.8) is 0 Å². The van der Waals surface area contributed by atoms with Crippen molar-refractivity contribution in [1.82, 2.24) is 0 Å². The molecule has 0 aliphatic carbocycles. The molecule has 21 heavy (non-hydrogen) atoms. The molecule has 0 fully saturated rings. The molecule has 0 spiro atoms. The van der Waals surface area contributed by atoms with Crippen molar-refractivity contribution < 1.29 is 13.7 Å². The summed E-state index contributed by atoms with van der Waals surface area (Å²) < 4.78 is 18.6. The van der Waals surface area contributed by atoms with Crippen LogP contribution >= 0.6 is 15.9 Å². The molecular formula is C16H15BrO3S. The van der Waals surface area contributed by atoms with Gasteiger partial charge in [0, 0.05) is 4.47 Å². The Balaban J connectivity index is 1.98. The number of para-hydroxylation sites is 1. The second kappa shape index (κ2) is 7.52. The molecule has 0 bridgehead atoms. The summed E-state index contributed by atoms with van der Waals surface area (Å²) in [5.74, 6) is 0.862. The predicted octanol–water partition coefficient (Wildman–Crippen LogP) is 3.84. The molecule has 0 aromatic heterocycles. The highest BCUT2D eigenvalue weighted by molar-refractivity contribution is 9.10.